The maximum absolute atomic E-state index is 12.4. The van der Waals surface area contributed by atoms with E-state index in [0.717, 1.165) is 0 Å². The van der Waals surface area contributed by atoms with E-state index >= 15 is 0 Å². The van der Waals surface area contributed by atoms with Crippen LogP contribution in [0.3, 0.4) is 0 Å². The van der Waals surface area contributed by atoms with Crippen molar-refractivity contribution in [1.82, 2.24) is 0 Å². The van der Waals surface area contributed by atoms with Gasteiger partial charge in [0.15, 0.2) is 0 Å². The molecule has 1 aromatic rings. The van der Waals surface area contributed by atoms with Crippen molar-refractivity contribution in [2.75, 3.05) is 11.9 Å². The molecule has 0 heterocycles. The number of hydrogen-bond donors (Lipinski definition) is 2. The van der Waals surface area contributed by atoms with Gasteiger partial charge in [-0.15, -0.1) is 0 Å². The van der Waals surface area contributed by atoms with Gasteiger partial charge in [0, 0.05) is 22.7 Å². The number of rotatable bonds is 7. The number of nitrogens with one attached hydrogen (secondary N) is 1. The molecule has 0 unspecified atom stereocenters. The highest BCUT2D eigenvalue weighted by molar-refractivity contribution is 7.99. The van der Waals surface area contributed by atoms with Gasteiger partial charge in [0.25, 0.3) is 5.76 Å². The van der Waals surface area contributed by atoms with Gasteiger partial charge >= 0.3 is 5.97 Å². The van der Waals surface area contributed by atoms with E-state index in [1.807, 2.05) is 0 Å². The molecule has 2 N–H and O–H groups in total. The topological polar surface area (TPSA) is 49.3 Å². The Bertz CT molecular complexity index is 464. The molecule has 1 rings (SSSR count). The van der Waals surface area contributed by atoms with Gasteiger partial charge in [0.2, 0.25) is 0 Å². The van der Waals surface area contributed by atoms with Crippen LogP contribution in [0.4, 0.5) is 14.5 Å². The van der Waals surface area contributed by atoms with Crippen LogP contribution in [0.2, 0.25) is 0 Å². The van der Waals surface area contributed by atoms with E-state index < -0.39 is 11.7 Å². The fourth-order valence-electron chi connectivity index (χ4n) is 1.48. The van der Waals surface area contributed by atoms with Crippen LogP contribution in [0.25, 0.3) is 0 Å². The maximum Gasteiger partial charge on any atom is 0.331 e. The van der Waals surface area contributed by atoms with Crippen LogP contribution < -0.4 is 5.32 Å². The summed E-state index contributed by atoms with van der Waals surface area (Å²) in [6.45, 7) is 2.04. The third kappa shape index (κ3) is 5.30. The fourth-order valence-corrected chi connectivity index (χ4v) is 2.09. The summed E-state index contributed by atoms with van der Waals surface area (Å²) in [5.41, 5.74) is 0.872. The van der Waals surface area contributed by atoms with Crippen LogP contribution >= 0.6 is 11.8 Å². The van der Waals surface area contributed by atoms with E-state index in [4.69, 9.17) is 5.11 Å². The van der Waals surface area contributed by atoms with Crippen molar-refractivity contribution < 1.29 is 18.7 Å². The molecule has 0 aliphatic rings. The highest BCUT2D eigenvalue weighted by Gasteiger charge is 2.09. The Hall–Kier alpha value is -1.56. The van der Waals surface area contributed by atoms with Crippen LogP contribution in [-0.2, 0) is 4.79 Å². The standard InChI is InChI=1S/C13H15F2NO2S/c1-2-9(12(17)18)7-8-16-10-5-3-4-6-11(10)19-13(14)15/h3-7,13,16H,2,8H2,1H3,(H,17,18)/b9-7-. The molecule has 0 aliphatic heterocycles. The number of para-hydroxylation sites is 1. The zero-order valence-electron chi connectivity index (χ0n) is 10.4. The van der Waals surface area contributed by atoms with Crippen molar-refractivity contribution >= 4 is 23.4 Å². The van der Waals surface area contributed by atoms with Crippen LogP contribution in [-0.4, -0.2) is 23.4 Å². The molecule has 19 heavy (non-hydrogen) atoms. The van der Waals surface area contributed by atoms with Gasteiger partial charge in [-0.05, 0) is 18.6 Å². The Morgan fingerprint density at radius 3 is 2.74 bits per heavy atom. The van der Waals surface area contributed by atoms with Crippen molar-refractivity contribution in [3.63, 3.8) is 0 Å². The zero-order chi connectivity index (χ0) is 14.3. The average Bonchev–Trinajstić information content (AvgIpc) is 2.35. The van der Waals surface area contributed by atoms with Gasteiger partial charge in [-0.2, -0.15) is 8.78 Å². The summed E-state index contributed by atoms with van der Waals surface area (Å²) < 4.78 is 24.7. The van der Waals surface area contributed by atoms with Gasteiger partial charge < -0.3 is 10.4 Å². The Balaban J connectivity index is 2.70. The number of hydrogen-bond acceptors (Lipinski definition) is 3. The van der Waals surface area contributed by atoms with Crippen LogP contribution in [0.1, 0.15) is 13.3 Å². The number of halogens is 2. The first-order chi connectivity index (χ1) is 9.04. The smallest absolute Gasteiger partial charge is 0.331 e. The van der Waals surface area contributed by atoms with E-state index in [0.29, 0.717) is 34.3 Å². The van der Waals surface area contributed by atoms with Crippen molar-refractivity contribution in [1.29, 1.82) is 0 Å². The molecule has 0 aromatic heterocycles. The minimum atomic E-state index is -2.48. The van der Waals surface area contributed by atoms with Gasteiger partial charge in [-0.25, -0.2) is 4.79 Å². The molecule has 0 atom stereocenters. The second-order valence-corrected chi connectivity index (χ2v) is 4.68. The Morgan fingerprint density at radius 1 is 1.47 bits per heavy atom. The van der Waals surface area contributed by atoms with E-state index in [-0.39, 0.29) is 6.54 Å². The number of thioether (sulfide) groups is 1. The lowest BCUT2D eigenvalue weighted by Crippen LogP contribution is -2.05. The summed E-state index contributed by atoms with van der Waals surface area (Å²) in [7, 11) is 0. The molecule has 0 amide bonds. The molecule has 1 aromatic carbocycles. The summed E-state index contributed by atoms with van der Waals surface area (Å²) in [4.78, 5) is 11.2. The summed E-state index contributed by atoms with van der Waals surface area (Å²) >= 11 is 0.463. The number of anilines is 1. The largest absolute Gasteiger partial charge is 0.478 e. The molecule has 0 spiro atoms. The fraction of sp³-hybridized carbons (Fsp3) is 0.308. The van der Waals surface area contributed by atoms with Crippen molar-refractivity contribution in [3.05, 3.63) is 35.9 Å². The minimum absolute atomic E-state index is 0.288. The number of alkyl halides is 2. The summed E-state index contributed by atoms with van der Waals surface area (Å²) in [5.74, 6) is -3.44. The van der Waals surface area contributed by atoms with Gasteiger partial charge in [0.1, 0.15) is 0 Å². The summed E-state index contributed by atoms with van der Waals surface area (Å²) in [5, 5.41) is 11.8. The molecular formula is C13H15F2NO2S. The number of benzene rings is 1. The Morgan fingerprint density at radius 2 is 2.16 bits per heavy atom. The lowest BCUT2D eigenvalue weighted by atomic mass is 10.2. The SMILES string of the molecule is CC/C(=C/CNc1ccccc1SC(F)F)C(=O)O. The van der Waals surface area contributed by atoms with Crippen molar-refractivity contribution in [3.8, 4) is 0 Å². The highest BCUT2D eigenvalue weighted by atomic mass is 32.2. The summed E-state index contributed by atoms with van der Waals surface area (Å²) in [6, 6.07) is 6.70. The van der Waals surface area contributed by atoms with E-state index in [2.05, 4.69) is 5.32 Å². The normalized spacial score (nSPS) is 11.7. The zero-order valence-corrected chi connectivity index (χ0v) is 11.2. The second-order valence-electron chi connectivity index (χ2n) is 3.64. The van der Waals surface area contributed by atoms with Crippen molar-refractivity contribution in [2.24, 2.45) is 0 Å². The van der Waals surface area contributed by atoms with Crippen LogP contribution in [0.15, 0.2) is 40.8 Å². The molecule has 0 saturated heterocycles. The number of aliphatic carboxylic acids is 1. The van der Waals surface area contributed by atoms with E-state index in [1.54, 1.807) is 37.3 Å². The molecule has 3 nitrogen and oxygen atoms in total. The number of carboxylic acid groups (broad SMARTS) is 1. The molecule has 0 radical (unpaired) electrons. The first kappa shape index (κ1) is 15.5. The lowest BCUT2D eigenvalue weighted by molar-refractivity contribution is -0.132. The van der Waals surface area contributed by atoms with Crippen molar-refractivity contribution in [2.45, 2.75) is 24.0 Å². The third-order valence-electron chi connectivity index (χ3n) is 2.40. The summed E-state index contributed by atoms with van der Waals surface area (Å²) in [6.07, 6.45) is 1.97. The molecule has 6 heteroatoms. The Kier molecular flexibility index (Phi) is 6.35. The van der Waals surface area contributed by atoms with E-state index in [1.165, 1.54) is 0 Å². The van der Waals surface area contributed by atoms with Gasteiger partial charge in [-0.1, -0.05) is 36.9 Å². The monoisotopic (exact) mass is 287 g/mol. The van der Waals surface area contributed by atoms with E-state index in [9.17, 15) is 13.6 Å². The van der Waals surface area contributed by atoms with Gasteiger partial charge in [-0.3, -0.25) is 0 Å². The molecule has 0 fully saturated rings. The minimum Gasteiger partial charge on any atom is -0.478 e. The first-order valence-corrected chi connectivity index (χ1v) is 6.62. The Labute approximate surface area is 114 Å². The third-order valence-corrected chi connectivity index (χ3v) is 3.19. The molecule has 0 aliphatic carbocycles. The maximum atomic E-state index is 12.4. The molecular weight excluding hydrogens is 272 g/mol. The second kappa shape index (κ2) is 7.78. The quantitative estimate of drug-likeness (QED) is 0.591. The predicted molar refractivity (Wildman–Crippen MR) is 72.8 cm³/mol. The van der Waals surface area contributed by atoms with Crippen LogP contribution in [0.5, 0.6) is 0 Å². The molecule has 104 valence electrons. The molecule has 0 saturated carbocycles. The number of carboxylic acids is 1. The first-order valence-electron chi connectivity index (χ1n) is 5.74. The van der Waals surface area contributed by atoms with Gasteiger partial charge in [0.05, 0.1) is 0 Å². The number of carbonyl (C=O) groups is 1. The molecule has 0 bridgehead atoms. The highest BCUT2D eigenvalue weighted by Crippen LogP contribution is 2.31. The predicted octanol–water partition coefficient (Wildman–Crippen LogP) is 3.83. The van der Waals surface area contributed by atoms with Crippen LogP contribution in [0, 0.1) is 0 Å². The average molecular weight is 287 g/mol. The lowest BCUT2D eigenvalue weighted by Gasteiger charge is -2.10.